The standard InChI is InChI=1S/C29H33Cl2N3O3S/c1-7-37-25-18-23(38(35,36)34-27(2,3)4)16-17-24(25)26-32-28(5,19-8-12-21(30)13-9-19)29(6,33-26)20-10-14-22(31)15-11-20/h8-18,34H,7H2,1-6H3,(H,32,33)/t28-,29+. The zero-order valence-electron chi connectivity index (χ0n) is 22.4. The molecule has 2 N–H and O–H groups in total. The average Bonchev–Trinajstić information content (AvgIpc) is 3.11. The first kappa shape index (κ1) is 28.4. The number of halogens is 2. The molecule has 0 bridgehead atoms. The molecule has 38 heavy (non-hydrogen) atoms. The number of hydrogen-bond acceptors (Lipinski definition) is 5. The van der Waals surface area contributed by atoms with Crippen molar-refractivity contribution in [2.75, 3.05) is 6.61 Å². The number of rotatable bonds is 7. The van der Waals surface area contributed by atoms with Gasteiger partial charge in [0.05, 0.1) is 22.6 Å². The van der Waals surface area contributed by atoms with Gasteiger partial charge in [-0.15, -0.1) is 0 Å². The van der Waals surface area contributed by atoms with Crippen LogP contribution in [0.2, 0.25) is 10.0 Å². The minimum Gasteiger partial charge on any atom is -0.493 e. The van der Waals surface area contributed by atoms with Crippen molar-refractivity contribution < 1.29 is 13.2 Å². The average molecular weight is 575 g/mol. The van der Waals surface area contributed by atoms with Crippen LogP contribution in [-0.4, -0.2) is 26.4 Å². The molecule has 6 nitrogen and oxygen atoms in total. The van der Waals surface area contributed by atoms with E-state index in [2.05, 4.69) is 23.9 Å². The second kappa shape index (κ2) is 10.2. The molecule has 2 atom stereocenters. The Kier molecular flexibility index (Phi) is 7.62. The van der Waals surface area contributed by atoms with Crippen molar-refractivity contribution in [3.8, 4) is 5.75 Å². The number of hydrogen-bond donors (Lipinski definition) is 2. The van der Waals surface area contributed by atoms with Crippen molar-refractivity contribution in [3.05, 3.63) is 93.5 Å². The molecule has 0 saturated carbocycles. The lowest BCUT2D eigenvalue weighted by Gasteiger charge is -2.40. The van der Waals surface area contributed by atoms with Crippen LogP contribution >= 0.6 is 23.2 Å². The third-order valence-electron chi connectivity index (χ3n) is 6.76. The Morgan fingerprint density at radius 2 is 1.47 bits per heavy atom. The van der Waals surface area contributed by atoms with Crippen molar-refractivity contribution >= 4 is 39.1 Å². The summed E-state index contributed by atoms with van der Waals surface area (Å²) in [6.07, 6.45) is 0. The summed E-state index contributed by atoms with van der Waals surface area (Å²) in [4.78, 5) is 5.34. The summed E-state index contributed by atoms with van der Waals surface area (Å²) in [7, 11) is -3.75. The molecule has 1 aliphatic rings. The largest absolute Gasteiger partial charge is 0.493 e. The van der Waals surface area contributed by atoms with Crippen LogP contribution in [0.3, 0.4) is 0 Å². The number of nitrogens with one attached hydrogen (secondary N) is 2. The second-order valence-electron chi connectivity index (χ2n) is 10.7. The van der Waals surface area contributed by atoms with Crippen LogP contribution in [0.1, 0.15) is 58.2 Å². The summed E-state index contributed by atoms with van der Waals surface area (Å²) in [5, 5.41) is 4.93. The Morgan fingerprint density at radius 3 is 2.00 bits per heavy atom. The van der Waals surface area contributed by atoms with Crippen LogP contribution in [-0.2, 0) is 21.1 Å². The van der Waals surface area contributed by atoms with Gasteiger partial charge in [0.15, 0.2) is 0 Å². The fourth-order valence-electron chi connectivity index (χ4n) is 4.72. The van der Waals surface area contributed by atoms with Crippen LogP contribution in [0, 0.1) is 0 Å². The molecule has 3 aromatic carbocycles. The molecule has 1 aliphatic heterocycles. The van der Waals surface area contributed by atoms with E-state index < -0.39 is 26.6 Å². The summed E-state index contributed by atoms with van der Waals surface area (Å²) in [5.74, 6) is 1.02. The van der Waals surface area contributed by atoms with Crippen molar-refractivity contribution in [1.29, 1.82) is 0 Å². The fourth-order valence-corrected chi connectivity index (χ4v) is 6.40. The Morgan fingerprint density at radius 1 is 0.921 bits per heavy atom. The molecule has 0 spiro atoms. The van der Waals surface area contributed by atoms with Gasteiger partial charge in [0, 0.05) is 21.7 Å². The molecule has 9 heteroatoms. The molecule has 202 valence electrons. The van der Waals surface area contributed by atoms with Gasteiger partial charge < -0.3 is 10.1 Å². The summed E-state index contributed by atoms with van der Waals surface area (Å²) in [5.41, 5.74) is 0.574. The highest BCUT2D eigenvalue weighted by molar-refractivity contribution is 7.89. The van der Waals surface area contributed by atoms with Crippen molar-refractivity contribution in [2.24, 2.45) is 4.99 Å². The van der Waals surface area contributed by atoms with Crippen LogP contribution in [0.15, 0.2) is 76.6 Å². The molecule has 3 aromatic rings. The van der Waals surface area contributed by atoms with Crippen molar-refractivity contribution in [2.45, 2.75) is 63.1 Å². The van der Waals surface area contributed by atoms with Gasteiger partial charge in [-0.2, -0.15) is 0 Å². The topological polar surface area (TPSA) is 79.8 Å². The van der Waals surface area contributed by atoms with E-state index in [4.69, 9.17) is 32.9 Å². The molecule has 4 rings (SSSR count). The predicted molar refractivity (Wildman–Crippen MR) is 155 cm³/mol. The predicted octanol–water partition coefficient (Wildman–Crippen LogP) is 6.65. The van der Waals surface area contributed by atoms with E-state index in [-0.39, 0.29) is 4.90 Å². The van der Waals surface area contributed by atoms with Gasteiger partial charge in [0.2, 0.25) is 10.0 Å². The van der Waals surface area contributed by atoms with E-state index in [0.717, 1.165) is 11.1 Å². The molecule has 0 amide bonds. The number of amidine groups is 1. The highest BCUT2D eigenvalue weighted by Gasteiger charge is 2.52. The summed E-state index contributed by atoms with van der Waals surface area (Å²) >= 11 is 12.4. The van der Waals surface area contributed by atoms with Crippen molar-refractivity contribution in [3.63, 3.8) is 0 Å². The molecule has 0 radical (unpaired) electrons. The molecule has 0 aliphatic carbocycles. The smallest absolute Gasteiger partial charge is 0.241 e. The monoisotopic (exact) mass is 573 g/mol. The van der Waals surface area contributed by atoms with Crippen LogP contribution in [0.4, 0.5) is 0 Å². The third-order valence-corrected chi connectivity index (χ3v) is 9.02. The van der Waals surface area contributed by atoms with Gasteiger partial charge in [-0.3, -0.25) is 4.99 Å². The summed E-state index contributed by atoms with van der Waals surface area (Å²) in [6.45, 7) is 11.8. The molecule has 0 aromatic heterocycles. The maximum Gasteiger partial charge on any atom is 0.241 e. The zero-order valence-corrected chi connectivity index (χ0v) is 24.7. The van der Waals surface area contributed by atoms with Gasteiger partial charge >= 0.3 is 0 Å². The Balaban J connectivity index is 1.87. The Hall–Kier alpha value is -2.58. The van der Waals surface area contributed by atoms with E-state index in [0.29, 0.717) is 33.8 Å². The van der Waals surface area contributed by atoms with E-state index in [1.165, 1.54) is 0 Å². The summed E-state index contributed by atoms with van der Waals surface area (Å²) in [6, 6.07) is 20.2. The lowest BCUT2D eigenvalue weighted by molar-refractivity contribution is 0.268. The molecule has 0 saturated heterocycles. The second-order valence-corrected chi connectivity index (χ2v) is 13.3. The quantitative estimate of drug-likeness (QED) is 0.331. The number of ether oxygens (including phenoxy) is 1. The van der Waals surface area contributed by atoms with E-state index in [9.17, 15) is 8.42 Å². The molecular formula is C29H33Cl2N3O3S. The minimum atomic E-state index is -3.75. The first-order chi connectivity index (χ1) is 17.7. The Bertz CT molecular complexity index is 1470. The van der Waals surface area contributed by atoms with Crippen LogP contribution in [0.25, 0.3) is 0 Å². The SMILES string of the molecule is CCOc1cc(S(=O)(=O)NC(C)(C)C)ccc1C1=N[C@@](C)(c2ccc(Cl)cc2)[C@@](C)(c2ccc(Cl)cc2)N1. The minimum absolute atomic E-state index is 0.124. The van der Waals surface area contributed by atoms with Gasteiger partial charge in [0.25, 0.3) is 0 Å². The lowest BCUT2D eigenvalue weighted by Crippen LogP contribution is -2.50. The number of benzene rings is 3. The maximum atomic E-state index is 13.0. The van der Waals surface area contributed by atoms with Gasteiger partial charge in [-0.1, -0.05) is 47.5 Å². The van der Waals surface area contributed by atoms with E-state index in [1.807, 2.05) is 55.5 Å². The highest BCUT2D eigenvalue weighted by Crippen LogP contribution is 2.48. The van der Waals surface area contributed by atoms with Crippen molar-refractivity contribution in [1.82, 2.24) is 10.0 Å². The van der Waals surface area contributed by atoms with E-state index in [1.54, 1.807) is 39.0 Å². The number of nitrogens with zero attached hydrogens (tertiary/aromatic N) is 1. The first-order valence-corrected chi connectivity index (χ1v) is 14.6. The highest BCUT2D eigenvalue weighted by atomic mass is 35.5. The normalized spacial score (nSPS) is 21.6. The maximum absolute atomic E-state index is 13.0. The molecule has 0 fully saturated rings. The molecule has 0 unspecified atom stereocenters. The molecular weight excluding hydrogens is 541 g/mol. The van der Waals surface area contributed by atoms with Gasteiger partial charge in [0.1, 0.15) is 17.1 Å². The van der Waals surface area contributed by atoms with Crippen LogP contribution in [0.5, 0.6) is 5.75 Å². The lowest BCUT2D eigenvalue weighted by atomic mass is 9.72. The Labute approximate surface area is 235 Å². The zero-order chi connectivity index (χ0) is 27.9. The first-order valence-electron chi connectivity index (χ1n) is 12.4. The number of sulfonamides is 1. The van der Waals surface area contributed by atoms with Gasteiger partial charge in [-0.25, -0.2) is 13.1 Å². The summed E-state index contributed by atoms with van der Waals surface area (Å²) < 4.78 is 34.7. The van der Waals surface area contributed by atoms with E-state index >= 15 is 0 Å². The van der Waals surface area contributed by atoms with Crippen LogP contribution < -0.4 is 14.8 Å². The molecule has 1 heterocycles. The van der Waals surface area contributed by atoms with Gasteiger partial charge in [-0.05, 0) is 89.1 Å². The number of aliphatic imine (C=N–C) groups is 1. The fraction of sp³-hybridized carbons (Fsp3) is 0.345. The third kappa shape index (κ3) is 5.43.